The van der Waals surface area contributed by atoms with E-state index in [1.165, 1.54) is 40.2 Å². The van der Waals surface area contributed by atoms with Gasteiger partial charge in [0, 0.05) is 37.7 Å². The van der Waals surface area contributed by atoms with Gasteiger partial charge in [0.1, 0.15) is 17.1 Å². The normalized spacial score (nSPS) is 17.2. The van der Waals surface area contributed by atoms with Crippen molar-refractivity contribution >= 4 is 58.9 Å². The average molecular weight is 665 g/mol. The third kappa shape index (κ3) is 7.39. The largest absolute Gasteiger partial charge is 0.477 e. The number of tetrazole rings is 1. The molecule has 3 heterocycles. The van der Waals surface area contributed by atoms with E-state index in [-0.39, 0.29) is 30.2 Å². The molecule has 2 aliphatic rings. The molecule has 0 saturated carbocycles. The molecule has 240 valence electrons. The summed E-state index contributed by atoms with van der Waals surface area (Å²) in [6, 6.07) is 15.0. The number of carbonyl (C=O) groups excluding carboxylic acids is 4. The van der Waals surface area contributed by atoms with Crippen molar-refractivity contribution in [3.05, 3.63) is 77.0 Å². The molecule has 3 aromatic rings. The van der Waals surface area contributed by atoms with Crippen LogP contribution < -0.4 is 10.6 Å². The summed E-state index contributed by atoms with van der Waals surface area (Å²) in [5.41, 5.74) is 2.43. The number of thioether (sulfide) groups is 2. The number of urea groups is 1. The molecule has 5 amide bonds. The van der Waals surface area contributed by atoms with Crippen LogP contribution in [0.3, 0.4) is 0 Å². The van der Waals surface area contributed by atoms with Crippen molar-refractivity contribution in [2.45, 2.75) is 42.3 Å². The lowest BCUT2D eigenvalue weighted by molar-refractivity contribution is -0.150. The first-order valence-electron chi connectivity index (χ1n) is 14.4. The molecule has 0 radical (unpaired) electrons. The Kier molecular flexibility index (Phi) is 10.4. The molecule has 2 atom stereocenters. The molecular weight excluding hydrogens is 633 g/mol. The fourth-order valence-electron chi connectivity index (χ4n) is 5.05. The van der Waals surface area contributed by atoms with E-state index in [9.17, 15) is 29.1 Å². The molecule has 1 aromatic heterocycles. The first kappa shape index (κ1) is 32.7. The Balaban J connectivity index is 1.15. The number of carbonyl (C=O) groups is 5. The van der Waals surface area contributed by atoms with E-state index in [0.29, 0.717) is 34.2 Å². The molecule has 2 aliphatic heterocycles. The summed E-state index contributed by atoms with van der Waals surface area (Å²) in [4.78, 5) is 66.1. The molecule has 16 heteroatoms. The number of rotatable bonds is 12. The van der Waals surface area contributed by atoms with E-state index < -0.39 is 35.2 Å². The van der Waals surface area contributed by atoms with Gasteiger partial charge in [-0.1, -0.05) is 60.3 Å². The average Bonchev–Trinajstić information content (AvgIpc) is 3.47. The number of para-hydroxylation sites is 1. The number of anilines is 1. The van der Waals surface area contributed by atoms with Crippen LogP contribution in [-0.4, -0.2) is 94.8 Å². The molecule has 0 aliphatic carbocycles. The van der Waals surface area contributed by atoms with Crippen LogP contribution in [0, 0.1) is 0 Å². The van der Waals surface area contributed by atoms with Crippen LogP contribution in [0.15, 0.2) is 71.0 Å². The summed E-state index contributed by atoms with van der Waals surface area (Å²) in [5, 5.41) is 26.5. The van der Waals surface area contributed by atoms with Crippen molar-refractivity contribution < 1.29 is 29.1 Å². The number of aliphatic carboxylic acids is 1. The van der Waals surface area contributed by atoms with Crippen LogP contribution in [-0.2, 0) is 39.1 Å². The van der Waals surface area contributed by atoms with Crippen LogP contribution in [0.2, 0.25) is 0 Å². The molecule has 1 unspecified atom stereocenters. The first-order chi connectivity index (χ1) is 22.1. The molecule has 3 N–H and O–H groups in total. The minimum absolute atomic E-state index is 0.0892. The van der Waals surface area contributed by atoms with Gasteiger partial charge in [0.15, 0.2) is 0 Å². The van der Waals surface area contributed by atoms with Crippen LogP contribution in [0.25, 0.3) is 0 Å². The number of aryl methyl sites for hydroxylation is 2. The van der Waals surface area contributed by atoms with Crippen LogP contribution in [0.4, 0.5) is 10.5 Å². The maximum absolute atomic E-state index is 13.1. The second kappa shape index (κ2) is 14.6. The minimum atomic E-state index is -1.22. The van der Waals surface area contributed by atoms with Gasteiger partial charge in [-0.25, -0.2) is 14.3 Å². The van der Waals surface area contributed by atoms with E-state index in [2.05, 4.69) is 26.2 Å². The number of nitrogens with one attached hydrogen (secondary N) is 2. The molecule has 46 heavy (non-hydrogen) atoms. The van der Waals surface area contributed by atoms with Crippen molar-refractivity contribution in [2.75, 3.05) is 23.9 Å². The Morgan fingerprint density at radius 3 is 2.57 bits per heavy atom. The standard InChI is InChI=1S/C30H32N8O6S2/c1-36(23(40)14-8-11-18-9-4-3-5-10-18)29(44)31-21-13-7-6-12-19(21)15-22(39)32-24-26(41)38-25(28(42)43)20(16-45-27(24)38)17-46-30-33-34-35-37(30)2/h3-7,9-10,12-13,24,27H,8,11,14-17H2,1-2H3,(H,31,44)(H,32,39)(H,42,43)/t24?,27-/m1/s1. The highest BCUT2D eigenvalue weighted by atomic mass is 32.2. The van der Waals surface area contributed by atoms with E-state index in [0.717, 1.165) is 16.9 Å². The third-order valence-corrected chi connectivity index (χ3v) is 9.95. The maximum atomic E-state index is 13.1. The number of fused-ring (bicyclic) bond motifs is 1. The van der Waals surface area contributed by atoms with Gasteiger partial charge in [0.25, 0.3) is 5.91 Å². The summed E-state index contributed by atoms with van der Waals surface area (Å²) in [6.45, 7) is 0. The second-order valence-corrected chi connectivity index (χ2v) is 12.7. The van der Waals surface area contributed by atoms with Crippen molar-refractivity contribution in [3.8, 4) is 0 Å². The fraction of sp³-hybridized carbons (Fsp3) is 0.333. The summed E-state index contributed by atoms with van der Waals surface area (Å²) >= 11 is 2.63. The van der Waals surface area contributed by atoms with Crippen LogP contribution in [0.1, 0.15) is 24.0 Å². The number of carboxylic acids is 1. The van der Waals surface area contributed by atoms with Gasteiger partial charge in [-0.3, -0.25) is 24.2 Å². The van der Waals surface area contributed by atoms with Crippen molar-refractivity contribution in [1.29, 1.82) is 0 Å². The van der Waals surface area contributed by atoms with Gasteiger partial charge < -0.3 is 15.7 Å². The molecule has 14 nitrogen and oxygen atoms in total. The smallest absolute Gasteiger partial charge is 0.352 e. The number of amides is 5. The third-order valence-electron chi connectivity index (χ3n) is 7.51. The summed E-state index contributed by atoms with van der Waals surface area (Å²) < 4.78 is 1.47. The predicted molar refractivity (Wildman–Crippen MR) is 171 cm³/mol. The van der Waals surface area contributed by atoms with Crippen molar-refractivity contribution in [2.24, 2.45) is 7.05 Å². The SMILES string of the molecule is CN(C(=O)CCCc1ccccc1)C(=O)Nc1ccccc1CC(=O)NC1C(=O)N2C(C(=O)O)=C(CSc3nnnn3C)CS[C@H]12. The highest BCUT2D eigenvalue weighted by molar-refractivity contribution is 8.01. The number of β-lactam (4-membered cyclic amide) rings is 1. The zero-order chi connectivity index (χ0) is 32.8. The topological polar surface area (TPSA) is 180 Å². The van der Waals surface area contributed by atoms with Crippen LogP contribution >= 0.6 is 23.5 Å². The lowest BCUT2D eigenvalue weighted by atomic mass is 10.0. The Hall–Kier alpha value is -4.70. The Bertz CT molecular complexity index is 1680. The minimum Gasteiger partial charge on any atom is -0.477 e. The highest BCUT2D eigenvalue weighted by Crippen LogP contribution is 2.41. The summed E-state index contributed by atoms with van der Waals surface area (Å²) in [6.07, 6.45) is 1.36. The zero-order valence-electron chi connectivity index (χ0n) is 25.1. The number of aromatic nitrogens is 4. The van der Waals surface area contributed by atoms with Crippen LogP contribution in [0.5, 0.6) is 0 Å². The number of imide groups is 1. The molecular formula is C30H32N8O6S2. The van der Waals surface area contributed by atoms with E-state index >= 15 is 0 Å². The summed E-state index contributed by atoms with van der Waals surface area (Å²) in [7, 11) is 3.08. The molecule has 1 saturated heterocycles. The highest BCUT2D eigenvalue weighted by Gasteiger charge is 2.54. The van der Waals surface area contributed by atoms with E-state index in [4.69, 9.17) is 0 Å². The number of benzene rings is 2. The number of carboxylic acid groups (broad SMARTS) is 1. The number of nitrogens with zero attached hydrogens (tertiary/aromatic N) is 6. The number of hydrogen-bond acceptors (Lipinski definition) is 10. The van der Waals surface area contributed by atoms with Gasteiger partial charge in [-0.05, 0) is 46.0 Å². The van der Waals surface area contributed by atoms with Gasteiger partial charge in [0.2, 0.25) is 17.0 Å². The molecule has 2 aromatic carbocycles. The predicted octanol–water partition coefficient (Wildman–Crippen LogP) is 2.30. The monoisotopic (exact) mass is 664 g/mol. The molecule has 5 rings (SSSR count). The Labute approximate surface area is 272 Å². The Morgan fingerprint density at radius 2 is 1.85 bits per heavy atom. The van der Waals surface area contributed by atoms with E-state index in [1.807, 2.05) is 30.3 Å². The lowest BCUT2D eigenvalue weighted by Gasteiger charge is -2.49. The second-order valence-electron chi connectivity index (χ2n) is 10.6. The Morgan fingerprint density at radius 1 is 1.11 bits per heavy atom. The lowest BCUT2D eigenvalue weighted by Crippen LogP contribution is -2.70. The van der Waals surface area contributed by atoms with Crippen molar-refractivity contribution in [3.63, 3.8) is 0 Å². The van der Waals surface area contributed by atoms with Gasteiger partial charge >= 0.3 is 12.0 Å². The molecule has 0 bridgehead atoms. The first-order valence-corrected chi connectivity index (χ1v) is 16.4. The molecule has 1 fully saturated rings. The van der Waals surface area contributed by atoms with Gasteiger partial charge in [-0.2, -0.15) is 0 Å². The quantitative estimate of drug-likeness (QED) is 0.191. The van der Waals surface area contributed by atoms with Gasteiger partial charge in [-0.15, -0.1) is 16.9 Å². The molecule has 0 spiro atoms. The van der Waals surface area contributed by atoms with E-state index in [1.54, 1.807) is 31.3 Å². The fourth-order valence-corrected chi connectivity index (χ4v) is 7.39. The zero-order valence-corrected chi connectivity index (χ0v) is 26.7. The van der Waals surface area contributed by atoms with Crippen molar-refractivity contribution in [1.82, 2.24) is 35.3 Å². The maximum Gasteiger partial charge on any atom is 0.352 e. The summed E-state index contributed by atoms with van der Waals surface area (Å²) in [5.74, 6) is -1.90. The number of hydrogen-bond donors (Lipinski definition) is 3. The van der Waals surface area contributed by atoms with Gasteiger partial charge in [0.05, 0.1) is 6.42 Å².